The summed E-state index contributed by atoms with van der Waals surface area (Å²) in [4.78, 5) is 22.8. The number of aliphatic hydroxyl groups excluding tert-OH is 1. The topological polar surface area (TPSA) is 105 Å². The van der Waals surface area contributed by atoms with E-state index in [4.69, 9.17) is 9.05 Å². The smallest absolute Gasteiger partial charge is 0.387 e. The van der Waals surface area contributed by atoms with Crippen LogP contribution in [0.4, 0.5) is 0 Å². The molecular formula is C36H72N2O6P+. The van der Waals surface area contributed by atoms with E-state index in [1.54, 1.807) is 6.08 Å². The standard InChI is InChI=1S/C36H71N2O6P/c1-6-8-10-12-14-15-16-17-18-19-20-21-22-24-25-27-29-35(39)34(33-44-45(41,42)43-32-31-38(3,4)5)37-36(40)30-28-26-23-13-11-9-7-2/h21-22,27,29,34-35,39H,6-20,23-26,28,30-33H2,1-5H3,(H-,37,40,41,42)/p+1/b22-21+,29-27+. The molecule has 0 aromatic rings. The third-order valence-electron chi connectivity index (χ3n) is 7.92. The molecule has 3 unspecified atom stereocenters. The Labute approximate surface area is 277 Å². The lowest BCUT2D eigenvalue weighted by molar-refractivity contribution is -0.870. The summed E-state index contributed by atoms with van der Waals surface area (Å²) in [7, 11) is 1.55. The zero-order valence-corrected chi connectivity index (χ0v) is 30.8. The largest absolute Gasteiger partial charge is 0.472 e. The first-order chi connectivity index (χ1) is 21.5. The predicted octanol–water partition coefficient (Wildman–Crippen LogP) is 9.02. The van der Waals surface area contributed by atoms with Crippen LogP contribution in [0, 0.1) is 0 Å². The molecule has 45 heavy (non-hydrogen) atoms. The minimum Gasteiger partial charge on any atom is -0.387 e. The lowest BCUT2D eigenvalue weighted by Gasteiger charge is -2.25. The molecule has 9 heteroatoms. The van der Waals surface area contributed by atoms with E-state index in [2.05, 4.69) is 31.3 Å². The van der Waals surface area contributed by atoms with Crippen LogP contribution in [0.15, 0.2) is 24.3 Å². The third kappa shape index (κ3) is 31.4. The normalized spacial score (nSPS) is 15.1. The molecule has 0 aromatic carbocycles. The van der Waals surface area contributed by atoms with Gasteiger partial charge in [-0.2, -0.15) is 0 Å². The molecule has 0 aromatic heterocycles. The van der Waals surface area contributed by atoms with Crippen molar-refractivity contribution >= 4 is 13.7 Å². The Morgan fingerprint density at radius 2 is 1.22 bits per heavy atom. The molecule has 0 rings (SSSR count). The number of unbranched alkanes of at least 4 members (excludes halogenated alkanes) is 17. The molecule has 0 heterocycles. The molecule has 0 saturated heterocycles. The second-order valence-corrected chi connectivity index (χ2v) is 15.0. The van der Waals surface area contributed by atoms with Gasteiger partial charge in [0, 0.05) is 6.42 Å². The number of phosphoric ester groups is 1. The van der Waals surface area contributed by atoms with Crippen molar-refractivity contribution in [3.8, 4) is 0 Å². The van der Waals surface area contributed by atoms with E-state index >= 15 is 0 Å². The van der Waals surface area contributed by atoms with Gasteiger partial charge in [-0.15, -0.1) is 0 Å². The van der Waals surface area contributed by atoms with Crippen molar-refractivity contribution < 1.29 is 32.9 Å². The number of quaternary nitrogens is 1. The molecule has 266 valence electrons. The predicted molar refractivity (Wildman–Crippen MR) is 189 cm³/mol. The zero-order valence-electron chi connectivity index (χ0n) is 29.9. The highest BCUT2D eigenvalue weighted by molar-refractivity contribution is 7.47. The molecule has 3 atom stereocenters. The van der Waals surface area contributed by atoms with Crippen LogP contribution in [0.2, 0.25) is 0 Å². The fourth-order valence-electron chi connectivity index (χ4n) is 4.94. The van der Waals surface area contributed by atoms with Gasteiger partial charge in [0.25, 0.3) is 0 Å². The quantitative estimate of drug-likeness (QED) is 0.0288. The molecule has 0 aliphatic heterocycles. The summed E-state index contributed by atoms with van der Waals surface area (Å²) in [5.41, 5.74) is 0. The van der Waals surface area contributed by atoms with E-state index in [9.17, 15) is 19.4 Å². The number of carbonyl (C=O) groups excluding carboxylic acids is 1. The second-order valence-electron chi connectivity index (χ2n) is 13.6. The number of nitrogens with one attached hydrogen (secondary N) is 1. The van der Waals surface area contributed by atoms with Crippen molar-refractivity contribution in [1.82, 2.24) is 5.32 Å². The van der Waals surface area contributed by atoms with Gasteiger partial charge in [-0.05, 0) is 32.1 Å². The first-order valence-corrected chi connectivity index (χ1v) is 19.7. The molecule has 0 aliphatic carbocycles. The number of carbonyl (C=O) groups is 1. The minimum atomic E-state index is -4.33. The Morgan fingerprint density at radius 3 is 1.78 bits per heavy atom. The number of rotatable bonds is 32. The maximum Gasteiger partial charge on any atom is 0.472 e. The van der Waals surface area contributed by atoms with E-state index in [1.165, 1.54) is 89.9 Å². The third-order valence-corrected chi connectivity index (χ3v) is 8.91. The van der Waals surface area contributed by atoms with Crippen molar-refractivity contribution in [3.63, 3.8) is 0 Å². The van der Waals surface area contributed by atoms with Gasteiger partial charge >= 0.3 is 7.82 Å². The fourth-order valence-corrected chi connectivity index (χ4v) is 5.67. The lowest BCUT2D eigenvalue weighted by atomic mass is 10.1. The maximum atomic E-state index is 12.6. The summed E-state index contributed by atoms with van der Waals surface area (Å²) >= 11 is 0. The average Bonchev–Trinajstić information content (AvgIpc) is 2.97. The van der Waals surface area contributed by atoms with Crippen molar-refractivity contribution in [2.75, 3.05) is 40.9 Å². The van der Waals surface area contributed by atoms with E-state index in [0.717, 1.165) is 38.5 Å². The van der Waals surface area contributed by atoms with E-state index in [-0.39, 0.29) is 19.1 Å². The summed E-state index contributed by atoms with van der Waals surface area (Å²) in [6.07, 6.45) is 31.2. The molecule has 0 spiro atoms. The molecule has 0 bridgehead atoms. The highest BCUT2D eigenvalue weighted by Crippen LogP contribution is 2.43. The van der Waals surface area contributed by atoms with Gasteiger partial charge in [-0.1, -0.05) is 134 Å². The van der Waals surface area contributed by atoms with Gasteiger partial charge in [0.15, 0.2) is 0 Å². The van der Waals surface area contributed by atoms with Crippen LogP contribution in [0.3, 0.4) is 0 Å². The SMILES string of the molecule is CCCCCCCCCCCC/C=C/CC/C=C/C(O)C(COP(=O)(O)OCC[N+](C)(C)C)NC(=O)CCCCCCCCC. The summed E-state index contributed by atoms with van der Waals surface area (Å²) < 4.78 is 23.3. The molecule has 0 radical (unpaired) electrons. The van der Waals surface area contributed by atoms with Crippen LogP contribution in [0.1, 0.15) is 149 Å². The second kappa shape index (κ2) is 29.1. The fraction of sp³-hybridized carbons (Fsp3) is 0.861. The monoisotopic (exact) mass is 660 g/mol. The summed E-state index contributed by atoms with van der Waals surface area (Å²) in [6, 6.07) is -0.854. The summed E-state index contributed by atoms with van der Waals surface area (Å²) in [6.45, 7) is 4.72. The molecule has 0 saturated carbocycles. The highest BCUT2D eigenvalue weighted by Gasteiger charge is 2.27. The van der Waals surface area contributed by atoms with E-state index < -0.39 is 20.0 Å². The molecule has 0 aliphatic rings. The maximum absolute atomic E-state index is 12.6. The van der Waals surface area contributed by atoms with E-state index in [0.29, 0.717) is 17.4 Å². The summed E-state index contributed by atoms with van der Waals surface area (Å²) in [5.74, 6) is -0.196. The number of allylic oxidation sites excluding steroid dienone is 3. The van der Waals surface area contributed by atoms with Gasteiger partial charge in [-0.3, -0.25) is 13.8 Å². The number of likely N-dealkylation sites (N-methyl/N-ethyl adjacent to an activating group) is 1. The van der Waals surface area contributed by atoms with Crippen LogP contribution in [0.5, 0.6) is 0 Å². The lowest BCUT2D eigenvalue weighted by Crippen LogP contribution is -2.45. The van der Waals surface area contributed by atoms with Gasteiger partial charge in [-0.25, -0.2) is 4.57 Å². The van der Waals surface area contributed by atoms with Crippen molar-refractivity contribution in [1.29, 1.82) is 0 Å². The van der Waals surface area contributed by atoms with Gasteiger partial charge in [0.1, 0.15) is 13.2 Å². The Morgan fingerprint density at radius 1 is 0.733 bits per heavy atom. The Kier molecular flexibility index (Phi) is 28.5. The first kappa shape index (κ1) is 44.0. The van der Waals surface area contributed by atoms with E-state index in [1.807, 2.05) is 27.2 Å². The molecule has 8 nitrogen and oxygen atoms in total. The number of hydrogen-bond acceptors (Lipinski definition) is 5. The molecule has 0 fully saturated rings. The number of amides is 1. The number of hydrogen-bond donors (Lipinski definition) is 3. The van der Waals surface area contributed by atoms with Crippen molar-refractivity contribution in [3.05, 3.63) is 24.3 Å². The number of nitrogens with zero attached hydrogens (tertiary/aromatic N) is 1. The molecular weight excluding hydrogens is 587 g/mol. The van der Waals surface area contributed by atoms with Crippen LogP contribution in [0.25, 0.3) is 0 Å². The number of phosphoric acid groups is 1. The summed E-state index contributed by atoms with van der Waals surface area (Å²) in [5, 5.41) is 13.6. The average molecular weight is 660 g/mol. The molecule has 1 amide bonds. The van der Waals surface area contributed by atoms with Crippen LogP contribution < -0.4 is 5.32 Å². The van der Waals surface area contributed by atoms with Gasteiger partial charge in [0.05, 0.1) is 39.9 Å². The minimum absolute atomic E-state index is 0.0573. The van der Waals surface area contributed by atoms with Gasteiger partial charge < -0.3 is 19.8 Å². The molecule has 3 N–H and O–H groups in total. The Hall–Kier alpha value is -1.02. The van der Waals surface area contributed by atoms with Crippen molar-refractivity contribution in [2.45, 2.75) is 161 Å². The Balaban J connectivity index is 4.55. The van der Waals surface area contributed by atoms with Gasteiger partial charge in [0.2, 0.25) is 5.91 Å². The highest BCUT2D eigenvalue weighted by atomic mass is 31.2. The number of aliphatic hydroxyl groups is 1. The van der Waals surface area contributed by atoms with Crippen LogP contribution in [-0.2, 0) is 18.4 Å². The zero-order chi connectivity index (χ0) is 33.7. The Bertz CT molecular complexity index is 799. The first-order valence-electron chi connectivity index (χ1n) is 18.2. The van der Waals surface area contributed by atoms with Crippen LogP contribution in [-0.4, -0.2) is 73.4 Å². The van der Waals surface area contributed by atoms with Crippen molar-refractivity contribution in [2.24, 2.45) is 0 Å². The van der Waals surface area contributed by atoms with Crippen LogP contribution >= 0.6 is 7.82 Å².